The molecule has 0 aliphatic heterocycles. The molecule has 2 amide bonds. The fourth-order valence-corrected chi connectivity index (χ4v) is 2.85. The topological polar surface area (TPSA) is 104 Å². The number of hydrogen-bond acceptors (Lipinski definition) is 4. The largest absolute Gasteiger partial charge is 0.339 e. The number of nitrogens with two attached hydrogens (primary N) is 1. The second-order valence-corrected chi connectivity index (χ2v) is 6.26. The minimum absolute atomic E-state index is 0. The molecule has 6 nitrogen and oxygen atoms in total. The standard InChI is InChI=1S/C22H21N3O3.CH4/c23-14-20(22(27)25-28)24-21(26)19-12-10-18(11-13-19)17-8-6-16(7-9-17)15-4-2-1-3-5-15;/h1-13,20,28H,14,23H2,(H,24,26)(H,25,27);1H4/t20-;/m0./s1. The van der Waals surface area contributed by atoms with Crippen molar-refractivity contribution < 1.29 is 14.8 Å². The minimum Gasteiger partial charge on any atom is -0.339 e. The summed E-state index contributed by atoms with van der Waals surface area (Å²) in [5.74, 6) is -1.20. The molecule has 0 spiro atoms. The van der Waals surface area contributed by atoms with Crippen LogP contribution in [0.15, 0.2) is 78.9 Å². The van der Waals surface area contributed by atoms with Crippen LogP contribution >= 0.6 is 0 Å². The number of amides is 2. The third kappa shape index (κ3) is 5.28. The van der Waals surface area contributed by atoms with Gasteiger partial charge in [-0.2, -0.15) is 0 Å². The SMILES string of the molecule is C.NC[C@H](NC(=O)c1ccc(-c2ccc(-c3ccccc3)cc2)cc1)C(=O)NO. The van der Waals surface area contributed by atoms with Gasteiger partial charge in [-0.05, 0) is 34.4 Å². The molecule has 0 aliphatic rings. The van der Waals surface area contributed by atoms with Crippen LogP contribution < -0.4 is 16.5 Å². The molecule has 1 atom stereocenters. The fraction of sp³-hybridized carbons (Fsp3) is 0.130. The third-order valence-electron chi connectivity index (χ3n) is 4.44. The molecule has 3 aromatic carbocycles. The monoisotopic (exact) mass is 391 g/mol. The summed E-state index contributed by atoms with van der Waals surface area (Å²) in [5.41, 5.74) is 11.6. The van der Waals surface area contributed by atoms with Crippen molar-refractivity contribution >= 4 is 11.8 Å². The molecule has 0 saturated heterocycles. The Morgan fingerprint density at radius 3 is 1.69 bits per heavy atom. The number of carbonyl (C=O) groups is 2. The lowest BCUT2D eigenvalue weighted by Crippen LogP contribution is -2.50. The Morgan fingerprint density at radius 1 is 0.793 bits per heavy atom. The molecule has 0 heterocycles. The molecule has 0 aromatic heterocycles. The molecule has 3 aromatic rings. The van der Waals surface area contributed by atoms with Gasteiger partial charge in [0, 0.05) is 12.1 Å². The molecule has 0 saturated carbocycles. The normalized spacial score (nSPS) is 11.1. The van der Waals surface area contributed by atoms with Gasteiger partial charge in [-0.15, -0.1) is 0 Å². The maximum atomic E-state index is 12.3. The molecule has 0 radical (unpaired) electrons. The smallest absolute Gasteiger partial charge is 0.267 e. The zero-order chi connectivity index (χ0) is 19.9. The quantitative estimate of drug-likeness (QED) is 0.382. The highest BCUT2D eigenvalue weighted by Gasteiger charge is 2.19. The van der Waals surface area contributed by atoms with E-state index in [4.69, 9.17) is 10.9 Å². The van der Waals surface area contributed by atoms with E-state index in [1.165, 1.54) is 5.48 Å². The Balaban J connectivity index is 0.00000300. The number of hydrogen-bond donors (Lipinski definition) is 4. The Labute approximate surface area is 170 Å². The van der Waals surface area contributed by atoms with Crippen LogP contribution in [-0.2, 0) is 4.79 Å². The van der Waals surface area contributed by atoms with Crippen molar-refractivity contribution in [3.63, 3.8) is 0 Å². The van der Waals surface area contributed by atoms with E-state index in [1.807, 2.05) is 42.5 Å². The van der Waals surface area contributed by atoms with Gasteiger partial charge in [0.25, 0.3) is 11.8 Å². The van der Waals surface area contributed by atoms with Crippen LogP contribution in [0, 0.1) is 0 Å². The molecule has 0 unspecified atom stereocenters. The number of nitrogens with one attached hydrogen (secondary N) is 2. The Morgan fingerprint density at radius 2 is 1.24 bits per heavy atom. The Bertz CT molecular complexity index is 939. The van der Waals surface area contributed by atoms with Crippen LogP contribution in [0.1, 0.15) is 17.8 Å². The molecule has 0 fully saturated rings. The van der Waals surface area contributed by atoms with Crippen molar-refractivity contribution in [2.24, 2.45) is 5.73 Å². The van der Waals surface area contributed by atoms with Crippen LogP contribution in [0.2, 0.25) is 0 Å². The summed E-state index contributed by atoms with van der Waals surface area (Å²) in [5, 5.41) is 11.2. The Hall–Kier alpha value is -3.48. The van der Waals surface area contributed by atoms with E-state index in [9.17, 15) is 9.59 Å². The molecular weight excluding hydrogens is 366 g/mol. The maximum absolute atomic E-state index is 12.3. The second kappa shape index (κ2) is 10.2. The summed E-state index contributed by atoms with van der Waals surface area (Å²) in [6.45, 7) is -0.121. The Kier molecular flexibility index (Phi) is 7.65. The van der Waals surface area contributed by atoms with E-state index in [2.05, 4.69) is 29.6 Å². The molecule has 29 heavy (non-hydrogen) atoms. The van der Waals surface area contributed by atoms with E-state index in [0.717, 1.165) is 22.3 Å². The van der Waals surface area contributed by atoms with E-state index < -0.39 is 17.9 Å². The van der Waals surface area contributed by atoms with Gasteiger partial charge < -0.3 is 11.1 Å². The second-order valence-electron chi connectivity index (χ2n) is 6.26. The summed E-state index contributed by atoms with van der Waals surface area (Å²) in [4.78, 5) is 23.7. The lowest BCUT2D eigenvalue weighted by Gasteiger charge is -2.14. The number of carbonyl (C=O) groups excluding carboxylic acids is 2. The summed E-state index contributed by atoms with van der Waals surface area (Å²) in [6, 6.07) is 24.4. The molecule has 0 aliphatic carbocycles. The first-order valence-electron chi connectivity index (χ1n) is 8.83. The predicted molar refractivity (Wildman–Crippen MR) is 114 cm³/mol. The fourth-order valence-electron chi connectivity index (χ4n) is 2.85. The first-order valence-corrected chi connectivity index (χ1v) is 8.83. The van der Waals surface area contributed by atoms with Gasteiger partial charge in [-0.25, -0.2) is 5.48 Å². The van der Waals surface area contributed by atoms with E-state index in [1.54, 1.807) is 12.1 Å². The van der Waals surface area contributed by atoms with Crippen molar-refractivity contribution in [3.05, 3.63) is 84.4 Å². The highest BCUT2D eigenvalue weighted by molar-refractivity contribution is 5.97. The summed E-state index contributed by atoms with van der Waals surface area (Å²) in [6.07, 6.45) is 0. The van der Waals surface area contributed by atoms with Crippen LogP contribution in [0.3, 0.4) is 0 Å². The average Bonchev–Trinajstić information content (AvgIpc) is 2.77. The third-order valence-corrected chi connectivity index (χ3v) is 4.44. The van der Waals surface area contributed by atoms with Gasteiger partial charge in [0.15, 0.2) is 0 Å². The highest BCUT2D eigenvalue weighted by Crippen LogP contribution is 2.25. The molecule has 5 N–H and O–H groups in total. The molecular formula is C23H25N3O3. The number of hydroxylamine groups is 1. The highest BCUT2D eigenvalue weighted by atomic mass is 16.5. The summed E-state index contributed by atoms with van der Waals surface area (Å²) in [7, 11) is 0. The predicted octanol–water partition coefficient (Wildman–Crippen LogP) is 3.22. The molecule has 150 valence electrons. The van der Waals surface area contributed by atoms with Gasteiger partial charge in [0.2, 0.25) is 0 Å². The van der Waals surface area contributed by atoms with E-state index >= 15 is 0 Å². The van der Waals surface area contributed by atoms with Gasteiger partial charge in [-0.3, -0.25) is 14.8 Å². The minimum atomic E-state index is -0.997. The van der Waals surface area contributed by atoms with Crippen LogP contribution in [0.4, 0.5) is 0 Å². The molecule has 3 rings (SSSR count). The lowest BCUT2D eigenvalue weighted by molar-refractivity contribution is -0.130. The summed E-state index contributed by atoms with van der Waals surface area (Å²) >= 11 is 0. The van der Waals surface area contributed by atoms with Gasteiger partial charge in [0.05, 0.1) is 0 Å². The van der Waals surface area contributed by atoms with Crippen molar-refractivity contribution in [2.45, 2.75) is 13.5 Å². The summed E-state index contributed by atoms with van der Waals surface area (Å²) < 4.78 is 0. The average molecular weight is 391 g/mol. The van der Waals surface area contributed by atoms with Gasteiger partial charge >= 0.3 is 0 Å². The number of benzene rings is 3. The van der Waals surface area contributed by atoms with Crippen molar-refractivity contribution in [1.82, 2.24) is 10.8 Å². The number of rotatable bonds is 6. The van der Waals surface area contributed by atoms with Crippen LogP contribution in [0.25, 0.3) is 22.3 Å². The van der Waals surface area contributed by atoms with Crippen molar-refractivity contribution in [3.8, 4) is 22.3 Å². The van der Waals surface area contributed by atoms with E-state index in [0.29, 0.717) is 5.56 Å². The molecule has 0 bridgehead atoms. The zero-order valence-corrected chi connectivity index (χ0v) is 15.1. The van der Waals surface area contributed by atoms with Crippen LogP contribution in [0.5, 0.6) is 0 Å². The van der Waals surface area contributed by atoms with Gasteiger partial charge in [0.1, 0.15) is 6.04 Å². The lowest BCUT2D eigenvalue weighted by atomic mass is 9.99. The van der Waals surface area contributed by atoms with E-state index in [-0.39, 0.29) is 14.0 Å². The van der Waals surface area contributed by atoms with Crippen molar-refractivity contribution in [2.75, 3.05) is 6.54 Å². The maximum Gasteiger partial charge on any atom is 0.267 e. The first kappa shape index (κ1) is 21.8. The van der Waals surface area contributed by atoms with Crippen LogP contribution in [-0.4, -0.2) is 29.6 Å². The van der Waals surface area contributed by atoms with Crippen molar-refractivity contribution in [1.29, 1.82) is 0 Å². The molecule has 6 heteroatoms. The zero-order valence-electron chi connectivity index (χ0n) is 15.1. The first-order chi connectivity index (χ1) is 13.6. The van der Waals surface area contributed by atoms with Gasteiger partial charge in [-0.1, -0.05) is 74.2 Å².